The molecular formula is C17H16BrFO. The van der Waals surface area contributed by atoms with Crippen molar-refractivity contribution in [2.24, 2.45) is 0 Å². The van der Waals surface area contributed by atoms with E-state index in [1.165, 1.54) is 42.7 Å². The summed E-state index contributed by atoms with van der Waals surface area (Å²) >= 11 is 3.71. The van der Waals surface area contributed by atoms with Crippen LogP contribution >= 0.6 is 15.9 Å². The summed E-state index contributed by atoms with van der Waals surface area (Å²) < 4.78 is 18.5. The summed E-state index contributed by atoms with van der Waals surface area (Å²) in [5.41, 5.74) is 5.12. The molecule has 104 valence electrons. The van der Waals surface area contributed by atoms with Gasteiger partial charge in [-0.3, -0.25) is 0 Å². The molecule has 1 nitrogen and oxygen atoms in total. The number of fused-ring (bicyclic) bond motifs is 1. The Hall–Kier alpha value is -1.35. The van der Waals surface area contributed by atoms with Crippen molar-refractivity contribution < 1.29 is 9.13 Å². The van der Waals surface area contributed by atoms with Gasteiger partial charge in [0.25, 0.3) is 0 Å². The van der Waals surface area contributed by atoms with E-state index in [4.69, 9.17) is 4.74 Å². The first-order valence-corrected chi connectivity index (χ1v) is 7.70. The molecule has 0 aromatic heterocycles. The standard InChI is InChI=1S/C17H16BrFO/c1-20-16-10-14(7-8-15(16)19)17(18)13-6-5-11-3-2-4-12(11)9-13/h5-10,17H,2-4H2,1H3. The summed E-state index contributed by atoms with van der Waals surface area (Å²) in [5.74, 6) is -0.0435. The molecule has 2 aromatic rings. The van der Waals surface area contributed by atoms with E-state index >= 15 is 0 Å². The Balaban J connectivity index is 1.94. The Kier molecular flexibility index (Phi) is 3.79. The number of benzene rings is 2. The lowest BCUT2D eigenvalue weighted by Crippen LogP contribution is -1.97. The molecule has 3 heteroatoms. The van der Waals surface area contributed by atoms with Crippen LogP contribution in [0.25, 0.3) is 0 Å². The minimum Gasteiger partial charge on any atom is -0.494 e. The number of ether oxygens (including phenoxy) is 1. The van der Waals surface area contributed by atoms with E-state index in [1.807, 2.05) is 0 Å². The summed E-state index contributed by atoms with van der Waals surface area (Å²) in [7, 11) is 1.49. The van der Waals surface area contributed by atoms with E-state index in [1.54, 1.807) is 12.1 Å². The summed E-state index contributed by atoms with van der Waals surface area (Å²) in [4.78, 5) is 0.0582. The van der Waals surface area contributed by atoms with Gasteiger partial charge < -0.3 is 4.74 Å². The van der Waals surface area contributed by atoms with Gasteiger partial charge in [-0.1, -0.05) is 40.2 Å². The fourth-order valence-electron chi connectivity index (χ4n) is 2.78. The summed E-state index contributed by atoms with van der Waals surface area (Å²) in [6.07, 6.45) is 3.60. The lowest BCUT2D eigenvalue weighted by molar-refractivity contribution is 0.386. The lowest BCUT2D eigenvalue weighted by atomic mass is 10.0. The fraction of sp³-hybridized carbons (Fsp3) is 0.294. The Morgan fingerprint density at radius 3 is 2.55 bits per heavy atom. The van der Waals surface area contributed by atoms with Crippen molar-refractivity contribution in [3.63, 3.8) is 0 Å². The molecule has 0 saturated carbocycles. The molecule has 0 N–H and O–H groups in total. The van der Waals surface area contributed by atoms with Gasteiger partial charge in [-0.15, -0.1) is 0 Å². The molecule has 0 amide bonds. The van der Waals surface area contributed by atoms with Crippen LogP contribution in [0.15, 0.2) is 36.4 Å². The molecule has 1 atom stereocenters. The third kappa shape index (κ3) is 2.47. The highest BCUT2D eigenvalue weighted by atomic mass is 79.9. The van der Waals surface area contributed by atoms with Gasteiger partial charge in [-0.25, -0.2) is 4.39 Å². The highest BCUT2D eigenvalue weighted by Crippen LogP contribution is 2.35. The average Bonchev–Trinajstić information content (AvgIpc) is 2.94. The van der Waals surface area contributed by atoms with E-state index in [0.29, 0.717) is 0 Å². The maximum Gasteiger partial charge on any atom is 0.165 e. The minimum atomic E-state index is -0.329. The summed E-state index contributed by atoms with van der Waals surface area (Å²) in [6, 6.07) is 11.6. The molecule has 1 aliphatic carbocycles. The van der Waals surface area contributed by atoms with Crippen LogP contribution in [0, 0.1) is 5.82 Å². The van der Waals surface area contributed by atoms with Gasteiger partial charge in [0.2, 0.25) is 0 Å². The van der Waals surface area contributed by atoms with Crippen LogP contribution < -0.4 is 4.74 Å². The van der Waals surface area contributed by atoms with Crippen LogP contribution in [0.4, 0.5) is 4.39 Å². The van der Waals surface area contributed by atoms with Crippen molar-refractivity contribution in [3.05, 3.63) is 64.5 Å². The third-order valence-corrected chi connectivity index (χ3v) is 4.94. The smallest absolute Gasteiger partial charge is 0.165 e. The van der Waals surface area contributed by atoms with Gasteiger partial charge in [0.1, 0.15) is 0 Å². The van der Waals surface area contributed by atoms with E-state index in [0.717, 1.165) is 12.0 Å². The van der Waals surface area contributed by atoms with Gasteiger partial charge in [0.15, 0.2) is 11.6 Å². The molecule has 20 heavy (non-hydrogen) atoms. The van der Waals surface area contributed by atoms with Crippen LogP contribution in [0.2, 0.25) is 0 Å². The number of rotatable bonds is 3. The third-order valence-electron chi connectivity index (χ3n) is 3.88. The van der Waals surface area contributed by atoms with Crippen LogP contribution in [0.3, 0.4) is 0 Å². The molecule has 2 aromatic carbocycles. The number of methoxy groups -OCH3 is 1. The zero-order valence-electron chi connectivity index (χ0n) is 11.3. The van der Waals surface area contributed by atoms with Crippen molar-refractivity contribution in [3.8, 4) is 5.75 Å². The SMILES string of the molecule is COc1cc(C(Br)c2ccc3c(c2)CCC3)ccc1F. The predicted octanol–water partition coefficient (Wildman–Crippen LogP) is 4.81. The molecule has 1 aliphatic rings. The van der Waals surface area contributed by atoms with Gasteiger partial charge in [-0.2, -0.15) is 0 Å². The summed E-state index contributed by atoms with van der Waals surface area (Å²) in [5, 5.41) is 0. The quantitative estimate of drug-likeness (QED) is 0.732. The second-order valence-corrected chi connectivity index (χ2v) is 6.05. The van der Waals surface area contributed by atoms with Gasteiger partial charge in [0, 0.05) is 0 Å². The van der Waals surface area contributed by atoms with Crippen molar-refractivity contribution >= 4 is 15.9 Å². The molecule has 0 aliphatic heterocycles. The van der Waals surface area contributed by atoms with Crippen LogP contribution in [0.5, 0.6) is 5.75 Å². The van der Waals surface area contributed by atoms with E-state index in [9.17, 15) is 4.39 Å². The van der Waals surface area contributed by atoms with Crippen molar-refractivity contribution in [1.82, 2.24) is 0 Å². The largest absolute Gasteiger partial charge is 0.494 e. The second kappa shape index (κ2) is 5.57. The molecule has 0 spiro atoms. The Bertz CT molecular complexity index is 628. The highest BCUT2D eigenvalue weighted by Gasteiger charge is 2.17. The second-order valence-electron chi connectivity index (χ2n) is 5.14. The van der Waals surface area contributed by atoms with Crippen molar-refractivity contribution in [2.75, 3.05) is 7.11 Å². The van der Waals surface area contributed by atoms with Crippen molar-refractivity contribution in [2.45, 2.75) is 24.1 Å². The lowest BCUT2D eigenvalue weighted by Gasteiger charge is -2.14. The predicted molar refractivity (Wildman–Crippen MR) is 82.2 cm³/mol. The monoisotopic (exact) mass is 334 g/mol. The van der Waals surface area contributed by atoms with Gasteiger partial charge >= 0.3 is 0 Å². The number of halogens is 2. The number of hydrogen-bond acceptors (Lipinski definition) is 1. The topological polar surface area (TPSA) is 9.23 Å². The molecular weight excluding hydrogens is 319 g/mol. The maximum absolute atomic E-state index is 13.5. The van der Waals surface area contributed by atoms with E-state index in [-0.39, 0.29) is 16.4 Å². The van der Waals surface area contributed by atoms with Crippen LogP contribution in [-0.2, 0) is 12.8 Å². The molecule has 0 saturated heterocycles. The minimum absolute atomic E-state index is 0.0582. The Morgan fingerprint density at radius 1 is 1.05 bits per heavy atom. The van der Waals surface area contributed by atoms with Crippen LogP contribution in [0.1, 0.15) is 33.5 Å². The normalized spacial score (nSPS) is 14.9. The first-order chi connectivity index (χ1) is 9.69. The van der Waals surface area contributed by atoms with Crippen molar-refractivity contribution in [1.29, 1.82) is 0 Å². The first-order valence-electron chi connectivity index (χ1n) is 6.78. The Morgan fingerprint density at radius 2 is 1.75 bits per heavy atom. The number of hydrogen-bond donors (Lipinski definition) is 0. The first kappa shape index (κ1) is 13.6. The Labute approximate surface area is 126 Å². The van der Waals surface area contributed by atoms with Gasteiger partial charge in [-0.05, 0) is 53.6 Å². The van der Waals surface area contributed by atoms with E-state index in [2.05, 4.69) is 34.1 Å². The molecule has 3 rings (SSSR count). The molecule has 0 bridgehead atoms. The molecule has 0 fully saturated rings. The zero-order chi connectivity index (χ0) is 14.1. The summed E-state index contributed by atoms with van der Waals surface area (Å²) in [6.45, 7) is 0. The highest BCUT2D eigenvalue weighted by molar-refractivity contribution is 9.09. The fourth-order valence-corrected chi connectivity index (χ4v) is 3.35. The maximum atomic E-state index is 13.5. The van der Waals surface area contributed by atoms with E-state index < -0.39 is 0 Å². The number of alkyl halides is 1. The van der Waals surface area contributed by atoms with Gasteiger partial charge in [0.05, 0.1) is 11.9 Å². The molecule has 0 radical (unpaired) electrons. The number of aryl methyl sites for hydroxylation is 2. The molecule has 0 heterocycles. The zero-order valence-corrected chi connectivity index (χ0v) is 12.9. The van der Waals surface area contributed by atoms with Crippen LogP contribution in [-0.4, -0.2) is 7.11 Å². The average molecular weight is 335 g/mol. The molecule has 1 unspecified atom stereocenters.